The van der Waals surface area contributed by atoms with Crippen molar-refractivity contribution < 1.29 is 5.11 Å². The van der Waals surface area contributed by atoms with E-state index < -0.39 is 0 Å². The highest BCUT2D eigenvalue weighted by molar-refractivity contribution is 9.10. The molecule has 0 atom stereocenters. The lowest BCUT2D eigenvalue weighted by molar-refractivity contribution is 0.465. The molecule has 2 N–H and O–H groups in total. The highest BCUT2D eigenvalue weighted by Gasteiger charge is 2.06. The highest BCUT2D eigenvalue weighted by atomic mass is 79.9. The number of rotatable bonds is 3. The fraction of sp³-hybridized carbons (Fsp3) is 0.0769. The zero-order valence-corrected chi connectivity index (χ0v) is 13.2. The fourth-order valence-electron chi connectivity index (χ4n) is 1.53. The van der Waals surface area contributed by atoms with Crippen molar-refractivity contribution in [3.8, 4) is 5.75 Å². The van der Waals surface area contributed by atoms with Gasteiger partial charge in [0.15, 0.2) is 0 Å². The van der Waals surface area contributed by atoms with Crippen molar-refractivity contribution in [2.45, 2.75) is 6.54 Å². The molecular formula is C13H10Br2ClNO. The predicted octanol–water partition coefficient (Wildman–Crippen LogP) is 5.18. The summed E-state index contributed by atoms with van der Waals surface area (Å²) in [6, 6.07) is 11.2. The first kappa shape index (κ1) is 13.7. The van der Waals surface area contributed by atoms with Gasteiger partial charge in [-0.1, -0.05) is 39.7 Å². The number of phenols is 1. The third-order valence-corrected chi connectivity index (χ3v) is 3.92. The molecule has 0 aromatic heterocycles. The molecule has 18 heavy (non-hydrogen) atoms. The van der Waals surface area contributed by atoms with Gasteiger partial charge < -0.3 is 10.4 Å². The first-order valence-corrected chi connectivity index (χ1v) is 7.19. The van der Waals surface area contributed by atoms with Crippen LogP contribution in [-0.2, 0) is 6.54 Å². The summed E-state index contributed by atoms with van der Waals surface area (Å²) in [7, 11) is 0. The Morgan fingerprint density at radius 2 is 1.94 bits per heavy atom. The van der Waals surface area contributed by atoms with Crippen LogP contribution in [0.15, 0.2) is 45.3 Å². The number of nitrogens with one attached hydrogen (secondary N) is 1. The van der Waals surface area contributed by atoms with Gasteiger partial charge in [0, 0.05) is 16.6 Å². The average molecular weight is 391 g/mol. The average Bonchev–Trinajstić information content (AvgIpc) is 2.33. The molecule has 2 aromatic carbocycles. The van der Waals surface area contributed by atoms with E-state index in [1.165, 1.54) is 0 Å². The molecule has 0 aliphatic heterocycles. The minimum absolute atomic E-state index is 0.248. The first-order valence-electron chi connectivity index (χ1n) is 5.23. The van der Waals surface area contributed by atoms with Crippen LogP contribution < -0.4 is 5.32 Å². The van der Waals surface area contributed by atoms with Gasteiger partial charge >= 0.3 is 0 Å². The van der Waals surface area contributed by atoms with Crippen LogP contribution in [0.2, 0.25) is 5.02 Å². The molecule has 0 fully saturated rings. The van der Waals surface area contributed by atoms with Gasteiger partial charge in [0.2, 0.25) is 0 Å². The van der Waals surface area contributed by atoms with Crippen molar-refractivity contribution in [2.75, 3.05) is 5.32 Å². The molecule has 0 bridgehead atoms. The van der Waals surface area contributed by atoms with Crippen LogP contribution >= 0.6 is 43.5 Å². The Balaban J connectivity index is 2.14. The molecule has 0 radical (unpaired) electrons. The summed E-state index contributed by atoms with van der Waals surface area (Å²) in [4.78, 5) is 0. The van der Waals surface area contributed by atoms with Gasteiger partial charge in [0.05, 0.1) is 15.2 Å². The van der Waals surface area contributed by atoms with Crippen molar-refractivity contribution >= 4 is 49.1 Å². The maximum Gasteiger partial charge on any atom is 0.134 e. The van der Waals surface area contributed by atoms with Crippen LogP contribution in [0.3, 0.4) is 0 Å². The Hall–Kier alpha value is -0.710. The van der Waals surface area contributed by atoms with E-state index in [0.29, 0.717) is 16.0 Å². The maximum absolute atomic E-state index is 9.86. The van der Waals surface area contributed by atoms with Gasteiger partial charge in [-0.3, -0.25) is 0 Å². The SMILES string of the molecule is Oc1c(Br)cccc1CNc1ccc(Br)cc1Cl. The number of para-hydroxylation sites is 1. The normalized spacial score (nSPS) is 10.4. The fourth-order valence-corrected chi connectivity index (χ4v) is 2.67. The second-order valence-corrected chi connectivity index (χ2v) is 5.90. The minimum Gasteiger partial charge on any atom is -0.506 e. The maximum atomic E-state index is 9.86. The summed E-state index contributed by atoms with van der Waals surface area (Å²) in [5.41, 5.74) is 1.64. The van der Waals surface area contributed by atoms with E-state index in [9.17, 15) is 5.11 Å². The molecule has 94 valence electrons. The Morgan fingerprint density at radius 1 is 1.17 bits per heavy atom. The molecule has 0 heterocycles. The van der Waals surface area contributed by atoms with E-state index in [1.807, 2.05) is 30.3 Å². The van der Waals surface area contributed by atoms with Crippen LogP contribution in [0, 0.1) is 0 Å². The van der Waals surface area contributed by atoms with Gasteiger partial charge in [-0.05, 0) is 40.2 Å². The summed E-state index contributed by atoms with van der Waals surface area (Å²) in [5.74, 6) is 0.248. The van der Waals surface area contributed by atoms with Crippen molar-refractivity contribution in [2.24, 2.45) is 0 Å². The molecule has 2 rings (SSSR count). The standard InChI is InChI=1S/C13H10Br2ClNO/c14-9-4-5-12(11(16)6-9)17-7-8-2-1-3-10(15)13(8)18/h1-6,17-18H,7H2. The van der Waals surface area contributed by atoms with Crippen molar-refractivity contribution in [3.63, 3.8) is 0 Å². The number of anilines is 1. The Labute approximate surface area is 127 Å². The van der Waals surface area contributed by atoms with E-state index in [-0.39, 0.29) is 5.75 Å². The van der Waals surface area contributed by atoms with Crippen LogP contribution in [0.25, 0.3) is 0 Å². The van der Waals surface area contributed by atoms with Crippen LogP contribution in [0.4, 0.5) is 5.69 Å². The van der Waals surface area contributed by atoms with E-state index in [0.717, 1.165) is 15.7 Å². The topological polar surface area (TPSA) is 32.3 Å². The van der Waals surface area contributed by atoms with Gasteiger partial charge in [-0.15, -0.1) is 0 Å². The molecule has 5 heteroatoms. The smallest absolute Gasteiger partial charge is 0.134 e. The lowest BCUT2D eigenvalue weighted by Gasteiger charge is -2.10. The molecule has 0 saturated carbocycles. The number of aromatic hydroxyl groups is 1. The van der Waals surface area contributed by atoms with Crippen molar-refractivity contribution in [1.29, 1.82) is 0 Å². The van der Waals surface area contributed by atoms with E-state index in [1.54, 1.807) is 6.07 Å². The molecule has 0 aliphatic carbocycles. The Bertz CT molecular complexity index is 575. The van der Waals surface area contributed by atoms with Crippen LogP contribution in [-0.4, -0.2) is 5.11 Å². The minimum atomic E-state index is 0.248. The largest absolute Gasteiger partial charge is 0.506 e. The highest BCUT2D eigenvalue weighted by Crippen LogP contribution is 2.30. The Kier molecular flexibility index (Phi) is 4.54. The number of hydrogen-bond acceptors (Lipinski definition) is 2. The van der Waals surface area contributed by atoms with Gasteiger partial charge in [-0.25, -0.2) is 0 Å². The molecule has 0 unspecified atom stereocenters. The lowest BCUT2D eigenvalue weighted by Crippen LogP contribution is -2.00. The summed E-state index contributed by atoms with van der Waals surface area (Å²) in [6.07, 6.45) is 0. The third-order valence-electron chi connectivity index (χ3n) is 2.47. The summed E-state index contributed by atoms with van der Waals surface area (Å²) in [6.45, 7) is 0.507. The summed E-state index contributed by atoms with van der Waals surface area (Å²) < 4.78 is 1.62. The summed E-state index contributed by atoms with van der Waals surface area (Å²) >= 11 is 12.7. The van der Waals surface area contributed by atoms with Crippen molar-refractivity contribution in [3.05, 3.63) is 55.9 Å². The first-order chi connectivity index (χ1) is 8.58. The zero-order valence-electron chi connectivity index (χ0n) is 9.25. The number of halogens is 3. The van der Waals surface area contributed by atoms with Gasteiger partial charge in [-0.2, -0.15) is 0 Å². The molecule has 0 amide bonds. The number of hydrogen-bond donors (Lipinski definition) is 2. The van der Waals surface area contributed by atoms with Crippen molar-refractivity contribution in [1.82, 2.24) is 0 Å². The van der Waals surface area contributed by atoms with Crippen LogP contribution in [0.5, 0.6) is 5.75 Å². The molecule has 0 aliphatic rings. The lowest BCUT2D eigenvalue weighted by atomic mass is 10.2. The van der Waals surface area contributed by atoms with E-state index in [4.69, 9.17) is 11.6 Å². The zero-order chi connectivity index (χ0) is 13.1. The molecular weight excluding hydrogens is 381 g/mol. The second kappa shape index (κ2) is 5.95. The van der Waals surface area contributed by atoms with Gasteiger partial charge in [0.1, 0.15) is 5.75 Å². The third kappa shape index (κ3) is 3.19. The Morgan fingerprint density at radius 3 is 2.67 bits per heavy atom. The predicted molar refractivity (Wildman–Crippen MR) is 82.3 cm³/mol. The second-order valence-electron chi connectivity index (χ2n) is 3.73. The van der Waals surface area contributed by atoms with Crippen LogP contribution in [0.1, 0.15) is 5.56 Å². The molecule has 2 aromatic rings. The van der Waals surface area contributed by atoms with Gasteiger partial charge in [0.25, 0.3) is 0 Å². The molecule has 0 spiro atoms. The quantitative estimate of drug-likeness (QED) is 0.755. The number of benzene rings is 2. The summed E-state index contributed by atoms with van der Waals surface area (Å²) in [5, 5.41) is 13.7. The van der Waals surface area contributed by atoms with E-state index >= 15 is 0 Å². The molecule has 0 saturated heterocycles. The monoisotopic (exact) mass is 389 g/mol. The molecule has 2 nitrogen and oxygen atoms in total. The van der Waals surface area contributed by atoms with E-state index in [2.05, 4.69) is 37.2 Å². The number of phenolic OH excluding ortho intramolecular Hbond substituents is 1.